The van der Waals surface area contributed by atoms with Crippen LogP contribution >= 0.6 is 0 Å². The van der Waals surface area contributed by atoms with Crippen molar-refractivity contribution in [3.8, 4) is 0 Å². The lowest BCUT2D eigenvalue weighted by Crippen LogP contribution is -2.44. The summed E-state index contributed by atoms with van der Waals surface area (Å²) in [4.78, 5) is 48.8. The lowest BCUT2D eigenvalue weighted by Gasteiger charge is -2.25. The topological polar surface area (TPSA) is 128 Å². The molecule has 0 bridgehead atoms. The van der Waals surface area contributed by atoms with Crippen molar-refractivity contribution >= 4 is 28.8 Å². The largest absolute Gasteiger partial charge is 0.481 e. The van der Waals surface area contributed by atoms with Crippen LogP contribution in [0.4, 0.5) is 0 Å². The zero-order valence-electron chi connectivity index (χ0n) is 23.3. The van der Waals surface area contributed by atoms with Gasteiger partial charge in [-0.3, -0.25) is 33.5 Å². The molecule has 2 atom stereocenters. The number of piperidine rings is 1. The molecule has 3 heterocycles. The van der Waals surface area contributed by atoms with Gasteiger partial charge in [-0.1, -0.05) is 52.2 Å². The number of carboxylic acids is 1. The Morgan fingerprint density at radius 2 is 1.85 bits per heavy atom. The summed E-state index contributed by atoms with van der Waals surface area (Å²) in [6.45, 7) is 6.54. The number of aromatic nitrogens is 4. The van der Waals surface area contributed by atoms with Crippen molar-refractivity contribution in [3.05, 3.63) is 52.2 Å². The highest BCUT2D eigenvalue weighted by Crippen LogP contribution is 2.35. The fraction of sp³-hybridized carbons (Fsp3) is 0.552. The molecule has 1 fully saturated rings. The Bertz CT molecular complexity index is 1420. The maximum atomic E-state index is 13.1. The van der Waals surface area contributed by atoms with Gasteiger partial charge in [0.25, 0.3) is 0 Å². The Morgan fingerprint density at radius 1 is 1.13 bits per heavy atom. The number of rotatable bonds is 11. The van der Waals surface area contributed by atoms with Gasteiger partial charge in [0.05, 0.1) is 23.1 Å². The predicted octanol–water partition coefficient (Wildman–Crippen LogP) is 3.92. The predicted molar refractivity (Wildman–Crippen MR) is 147 cm³/mol. The summed E-state index contributed by atoms with van der Waals surface area (Å²) in [5, 5.41) is 16.4. The van der Waals surface area contributed by atoms with Crippen LogP contribution in [0.5, 0.6) is 0 Å². The van der Waals surface area contributed by atoms with E-state index in [2.05, 4.69) is 10.4 Å². The number of imide groups is 1. The van der Waals surface area contributed by atoms with Gasteiger partial charge in [0.1, 0.15) is 6.04 Å². The van der Waals surface area contributed by atoms with E-state index >= 15 is 0 Å². The first-order valence-electron chi connectivity index (χ1n) is 13.8. The number of imidazole rings is 1. The molecule has 210 valence electrons. The minimum Gasteiger partial charge on any atom is -0.481 e. The third-order valence-corrected chi connectivity index (χ3v) is 7.64. The highest BCUT2D eigenvalue weighted by atomic mass is 16.4. The van der Waals surface area contributed by atoms with Gasteiger partial charge >= 0.3 is 11.7 Å². The molecule has 1 aromatic carbocycles. The third kappa shape index (κ3) is 6.15. The van der Waals surface area contributed by atoms with Gasteiger partial charge in [0.15, 0.2) is 0 Å². The van der Waals surface area contributed by atoms with Crippen LogP contribution in [0.25, 0.3) is 11.0 Å². The number of carbonyl (C=O) groups excluding carboxylic acids is 2. The Kier molecular flexibility index (Phi) is 8.42. The van der Waals surface area contributed by atoms with Crippen molar-refractivity contribution in [2.45, 2.75) is 90.6 Å². The van der Waals surface area contributed by atoms with E-state index in [-0.39, 0.29) is 23.4 Å². The monoisotopic (exact) mass is 537 g/mol. The standard InChI is InChI=1S/C29H39N5O5/c1-29(2,3)24(27(37)38)20-17-30-33(18-20)16-9-7-5-6-8-11-19-12-10-13-21-25(19)32(4)28(39)34(21)22-14-15-23(35)31-26(22)36/h10,12-13,17-18,22,24H,5-9,11,14-16H2,1-4H3,(H,37,38)(H,31,35,36). The van der Waals surface area contributed by atoms with E-state index in [4.69, 9.17) is 0 Å². The summed E-state index contributed by atoms with van der Waals surface area (Å²) >= 11 is 0. The minimum atomic E-state index is -0.828. The number of benzene rings is 1. The number of aliphatic carboxylic acids is 1. The van der Waals surface area contributed by atoms with Crippen molar-refractivity contribution in [1.82, 2.24) is 24.2 Å². The molecule has 2 amide bonds. The normalized spacial score (nSPS) is 17.0. The number of fused-ring (bicyclic) bond motifs is 1. The number of aryl methyl sites for hydroxylation is 3. The Labute approximate surface area is 228 Å². The number of nitrogens with zero attached hydrogens (tertiary/aromatic N) is 4. The number of carboxylic acid groups (broad SMARTS) is 1. The number of carbonyl (C=O) groups is 3. The van der Waals surface area contributed by atoms with E-state index in [1.807, 2.05) is 49.8 Å². The van der Waals surface area contributed by atoms with Crippen molar-refractivity contribution in [1.29, 1.82) is 0 Å². The van der Waals surface area contributed by atoms with E-state index in [9.17, 15) is 24.3 Å². The van der Waals surface area contributed by atoms with Crippen molar-refractivity contribution in [3.63, 3.8) is 0 Å². The van der Waals surface area contributed by atoms with Gasteiger partial charge < -0.3 is 5.11 Å². The Balaban J connectivity index is 1.29. The molecule has 0 saturated carbocycles. The summed E-state index contributed by atoms with van der Waals surface area (Å²) < 4.78 is 4.98. The van der Waals surface area contributed by atoms with Crippen LogP contribution in [0.1, 0.15) is 88.8 Å². The molecule has 0 radical (unpaired) electrons. The molecule has 1 aliphatic heterocycles. The zero-order valence-corrected chi connectivity index (χ0v) is 23.3. The lowest BCUT2D eigenvalue weighted by molar-refractivity contribution is -0.141. The van der Waals surface area contributed by atoms with E-state index < -0.39 is 23.8 Å². The van der Waals surface area contributed by atoms with E-state index in [0.717, 1.165) is 67.2 Å². The Morgan fingerprint density at radius 3 is 2.54 bits per heavy atom. The number of para-hydroxylation sites is 1. The summed E-state index contributed by atoms with van der Waals surface area (Å²) in [6.07, 6.45) is 10.0. The number of unbranched alkanes of at least 4 members (excludes halogenated alkanes) is 4. The molecule has 1 aliphatic rings. The molecular weight excluding hydrogens is 498 g/mol. The fourth-order valence-electron chi connectivity index (χ4n) is 5.73. The molecule has 10 nitrogen and oxygen atoms in total. The molecule has 0 spiro atoms. The second-order valence-electron chi connectivity index (χ2n) is 11.7. The number of amides is 2. The molecular formula is C29H39N5O5. The summed E-state index contributed by atoms with van der Waals surface area (Å²) in [5.74, 6) is -2.14. The number of hydrogen-bond donors (Lipinski definition) is 2. The van der Waals surface area contributed by atoms with E-state index in [0.29, 0.717) is 6.42 Å². The zero-order chi connectivity index (χ0) is 28.3. The van der Waals surface area contributed by atoms with Gasteiger partial charge in [-0.2, -0.15) is 5.10 Å². The molecule has 1 saturated heterocycles. The average molecular weight is 538 g/mol. The van der Waals surface area contributed by atoms with Gasteiger partial charge in [-0.15, -0.1) is 0 Å². The van der Waals surface area contributed by atoms with Gasteiger partial charge in [-0.25, -0.2) is 4.79 Å². The van der Waals surface area contributed by atoms with Crippen molar-refractivity contribution < 1.29 is 19.5 Å². The first-order valence-corrected chi connectivity index (χ1v) is 13.8. The summed E-state index contributed by atoms with van der Waals surface area (Å²) in [7, 11) is 1.73. The SMILES string of the molecule is Cn1c(=O)n(C2CCC(=O)NC2=O)c2cccc(CCCCCCCn3cc(C(C(=O)O)C(C)(C)C)cn3)c21. The summed E-state index contributed by atoms with van der Waals surface area (Å²) in [6, 6.07) is 5.15. The molecule has 0 aliphatic carbocycles. The highest BCUT2D eigenvalue weighted by Gasteiger charge is 2.34. The lowest BCUT2D eigenvalue weighted by atomic mass is 9.77. The molecule has 2 unspecified atom stereocenters. The average Bonchev–Trinajstić information content (AvgIpc) is 3.40. The van der Waals surface area contributed by atoms with Gasteiger partial charge in [0, 0.05) is 31.8 Å². The molecule has 39 heavy (non-hydrogen) atoms. The van der Waals surface area contributed by atoms with Crippen molar-refractivity contribution in [2.75, 3.05) is 0 Å². The molecule has 3 aromatic rings. The van der Waals surface area contributed by atoms with Crippen LogP contribution in [0.3, 0.4) is 0 Å². The number of hydrogen-bond acceptors (Lipinski definition) is 5. The van der Waals surface area contributed by atoms with Crippen molar-refractivity contribution in [2.24, 2.45) is 12.5 Å². The number of nitrogens with one attached hydrogen (secondary N) is 1. The second kappa shape index (κ2) is 11.6. The van der Waals surface area contributed by atoms with Crippen LogP contribution in [-0.4, -0.2) is 41.8 Å². The van der Waals surface area contributed by atoms with Crippen LogP contribution < -0.4 is 11.0 Å². The Hall–Kier alpha value is -3.69. The van der Waals surface area contributed by atoms with Gasteiger partial charge in [0.2, 0.25) is 11.8 Å². The smallest absolute Gasteiger partial charge is 0.329 e. The van der Waals surface area contributed by atoms with E-state index in [1.54, 1.807) is 17.8 Å². The van der Waals surface area contributed by atoms with Crippen LogP contribution in [0, 0.1) is 5.41 Å². The van der Waals surface area contributed by atoms with E-state index in [1.165, 1.54) is 4.57 Å². The third-order valence-electron chi connectivity index (χ3n) is 7.64. The second-order valence-corrected chi connectivity index (χ2v) is 11.7. The molecule has 2 aromatic heterocycles. The van der Waals surface area contributed by atoms with Gasteiger partial charge in [-0.05, 0) is 42.7 Å². The molecule has 4 rings (SSSR count). The van der Waals surface area contributed by atoms with Crippen LogP contribution in [-0.2, 0) is 34.4 Å². The maximum Gasteiger partial charge on any atom is 0.329 e. The minimum absolute atomic E-state index is 0.222. The van der Waals surface area contributed by atoms with Crippen LogP contribution in [0.2, 0.25) is 0 Å². The summed E-state index contributed by atoms with van der Waals surface area (Å²) in [5.41, 5.74) is 2.76. The first kappa shape index (κ1) is 28.3. The molecule has 10 heteroatoms. The highest BCUT2D eigenvalue weighted by molar-refractivity contribution is 6.00. The van der Waals surface area contributed by atoms with Crippen LogP contribution in [0.15, 0.2) is 35.4 Å². The first-order chi connectivity index (χ1) is 18.5. The fourth-order valence-corrected chi connectivity index (χ4v) is 5.73. The molecule has 2 N–H and O–H groups in total. The quantitative estimate of drug-likeness (QED) is 0.282. The maximum absolute atomic E-state index is 13.1.